The van der Waals surface area contributed by atoms with Crippen molar-refractivity contribution in [3.05, 3.63) is 23.8 Å². The van der Waals surface area contributed by atoms with Gasteiger partial charge in [0.05, 0.1) is 11.3 Å². The molecule has 0 saturated heterocycles. The molecule has 1 aromatic rings. The number of phenolic OH excluding ortho intramolecular Hbond substituents is 1. The van der Waals surface area contributed by atoms with E-state index in [1.165, 1.54) is 12.1 Å². The van der Waals surface area contributed by atoms with Gasteiger partial charge in [0.25, 0.3) is 5.91 Å². The van der Waals surface area contributed by atoms with Crippen molar-refractivity contribution in [1.82, 2.24) is 5.32 Å². The normalized spacial score (nSPS) is 11.3. The number of hydrogen-bond acceptors (Lipinski definition) is 4. The number of anilines is 1. The Morgan fingerprint density at radius 3 is 2.74 bits per heavy atom. The molecule has 0 heterocycles. The van der Waals surface area contributed by atoms with Gasteiger partial charge in [-0.1, -0.05) is 19.9 Å². The van der Waals surface area contributed by atoms with E-state index in [1.807, 2.05) is 13.8 Å². The maximum Gasteiger partial charge on any atom is 0.255 e. The first kappa shape index (κ1) is 15.3. The van der Waals surface area contributed by atoms with Crippen LogP contribution in [0.2, 0.25) is 0 Å². The van der Waals surface area contributed by atoms with E-state index in [2.05, 4.69) is 5.32 Å². The number of carbonyl (C=O) groups excluding carboxylic acids is 1. The van der Waals surface area contributed by atoms with Crippen LogP contribution in [0.5, 0.6) is 5.75 Å². The van der Waals surface area contributed by atoms with Crippen molar-refractivity contribution in [2.24, 2.45) is 5.41 Å². The van der Waals surface area contributed by atoms with Gasteiger partial charge in [-0.25, -0.2) is 0 Å². The van der Waals surface area contributed by atoms with Crippen molar-refractivity contribution >= 4 is 11.6 Å². The fourth-order valence-corrected chi connectivity index (χ4v) is 1.81. The molecule has 0 aliphatic rings. The Balaban J connectivity index is 2.63. The van der Waals surface area contributed by atoms with Gasteiger partial charge in [-0.05, 0) is 30.4 Å². The molecular weight excluding hydrogens is 244 g/mol. The molecule has 5 N–H and O–H groups in total. The number of nitrogen functional groups attached to an aromatic ring is 1. The predicted octanol–water partition coefficient (Wildman–Crippen LogP) is 1.50. The zero-order chi connectivity index (χ0) is 14.5. The topological polar surface area (TPSA) is 95.6 Å². The molecule has 1 aromatic carbocycles. The Morgan fingerprint density at radius 1 is 1.42 bits per heavy atom. The largest absolute Gasteiger partial charge is 0.505 e. The standard InChI is InChI=1S/C14H22N2O3/c1-14(2,7-4-8-17)9-16-13(19)10-5-3-6-11(15)12(10)18/h3,5-6,17-18H,4,7-9,15H2,1-2H3,(H,16,19). The van der Waals surface area contributed by atoms with Crippen LogP contribution in [0.1, 0.15) is 37.0 Å². The van der Waals surface area contributed by atoms with Crippen LogP contribution >= 0.6 is 0 Å². The molecule has 0 atom stereocenters. The summed E-state index contributed by atoms with van der Waals surface area (Å²) in [4.78, 5) is 12.0. The van der Waals surface area contributed by atoms with E-state index in [9.17, 15) is 9.90 Å². The second-order valence-electron chi connectivity index (χ2n) is 5.42. The highest BCUT2D eigenvalue weighted by molar-refractivity contribution is 5.98. The smallest absolute Gasteiger partial charge is 0.255 e. The third kappa shape index (κ3) is 4.44. The summed E-state index contributed by atoms with van der Waals surface area (Å²) in [7, 11) is 0. The Kier molecular flexibility index (Phi) is 5.18. The lowest BCUT2D eigenvalue weighted by molar-refractivity contribution is 0.0930. The molecule has 1 amide bonds. The van der Waals surface area contributed by atoms with Crippen molar-refractivity contribution in [3.63, 3.8) is 0 Å². The SMILES string of the molecule is CC(C)(CCCO)CNC(=O)c1cccc(N)c1O. The summed E-state index contributed by atoms with van der Waals surface area (Å²) in [6.07, 6.45) is 1.51. The van der Waals surface area contributed by atoms with Gasteiger partial charge in [-0.15, -0.1) is 0 Å². The second-order valence-corrected chi connectivity index (χ2v) is 5.42. The summed E-state index contributed by atoms with van der Waals surface area (Å²) in [5.41, 5.74) is 5.81. The van der Waals surface area contributed by atoms with E-state index < -0.39 is 0 Å². The molecule has 19 heavy (non-hydrogen) atoms. The zero-order valence-corrected chi connectivity index (χ0v) is 11.4. The molecule has 0 fully saturated rings. The molecule has 0 spiro atoms. The number of benzene rings is 1. The lowest BCUT2D eigenvalue weighted by Gasteiger charge is -2.24. The molecule has 0 bridgehead atoms. The van der Waals surface area contributed by atoms with Gasteiger partial charge >= 0.3 is 0 Å². The van der Waals surface area contributed by atoms with E-state index in [4.69, 9.17) is 10.8 Å². The van der Waals surface area contributed by atoms with E-state index in [-0.39, 0.29) is 34.9 Å². The van der Waals surface area contributed by atoms with Gasteiger partial charge in [0, 0.05) is 13.2 Å². The van der Waals surface area contributed by atoms with Crippen molar-refractivity contribution in [3.8, 4) is 5.75 Å². The summed E-state index contributed by atoms with van der Waals surface area (Å²) >= 11 is 0. The van der Waals surface area contributed by atoms with Crippen molar-refractivity contribution < 1.29 is 15.0 Å². The number of nitrogens with two attached hydrogens (primary N) is 1. The summed E-state index contributed by atoms with van der Waals surface area (Å²) in [5, 5.41) is 21.3. The number of rotatable bonds is 6. The van der Waals surface area contributed by atoms with E-state index in [0.717, 1.165) is 6.42 Å². The van der Waals surface area contributed by atoms with Crippen LogP contribution < -0.4 is 11.1 Å². The summed E-state index contributed by atoms with van der Waals surface area (Å²) in [6, 6.07) is 4.69. The minimum absolute atomic E-state index is 0.103. The van der Waals surface area contributed by atoms with Crippen LogP contribution in [-0.2, 0) is 0 Å². The summed E-state index contributed by atoms with van der Waals surface area (Å²) in [5.74, 6) is -0.532. The van der Waals surface area contributed by atoms with Crippen LogP contribution in [0.4, 0.5) is 5.69 Å². The highest BCUT2D eigenvalue weighted by Gasteiger charge is 2.20. The molecule has 0 aromatic heterocycles. The first-order valence-corrected chi connectivity index (χ1v) is 6.34. The maximum absolute atomic E-state index is 12.0. The van der Waals surface area contributed by atoms with Crippen molar-refractivity contribution in [2.75, 3.05) is 18.9 Å². The number of aliphatic hydroxyl groups is 1. The summed E-state index contributed by atoms with van der Waals surface area (Å²) in [6.45, 7) is 4.65. The first-order chi connectivity index (χ1) is 8.87. The van der Waals surface area contributed by atoms with E-state index in [1.54, 1.807) is 6.07 Å². The number of hydrogen-bond donors (Lipinski definition) is 4. The van der Waals surface area contributed by atoms with Gasteiger partial charge in [-0.3, -0.25) is 4.79 Å². The van der Waals surface area contributed by atoms with Gasteiger partial charge in [-0.2, -0.15) is 0 Å². The van der Waals surface area contributed by atoms with E-state index in [0.29, 0.717) is 13.0 Å². The fraction of sp³-hybridized carbons (Fsp3) is 0.500. The Morgan fingerprint density at radius 2 is 2.11 bits per heavy atom. The van der Waals surface area contributed by atoms with Gasteiger partial charge in [0.15, 0.2) is 5.75 Å². The lowest BCUT2D eigenvalue weighted by atomic mass is 9.88. The number of para-hydroxylation sites is 1. The van der Waals surface area contributed by atoms with Crippen LogP contribution in [0, 0.1) is 5.41 Å². The first-order valence-electron chi connectivity index (χ1n) is 6.34. The number of amides is 1. The minimum Gasteiger partial charge on any atom is -0.505 e. The highest BCUT2D eigenvalue weighted by atomic mass is 16.3. The summed E-state index contributed by atoms with van der Waals surface area (Å²) < 4.78 is 0. The van der Waals surface area contributed by atoms with Gasteiger partial charge < -0.3 is 21.3 Å². The average molecular weight is 266 g/mol. The van der Waals surface area contributed by atoms with Crippen LogP contribution in [0.3, 0.4) is 0 Å². The zero-order valence-electron chi connectivity index (χ0n) is 11.4. The minimum atomic E-state index is -0.345. The maximum atomic E-state index is 12.0. The van der Waals surface area contributed by atoms with Gasteiger partial charge in [0.1, 0.15) is 0 Å². The third-order valence-corrected chi connectivity index (χ3v) is 3.05. The molecular formula is C14H22N2O3. The predicted molar refractivity (Wildman–Crippen MR) is 75.0 cm³/mol. The average Bonchev–Trinajstić information content (AvgIpc) is 2.37. The molecule has 5 heteroatoms. The fourth-order valence-electron chi connectivity index (χ4n) is 1.81. The van der Waals surface area contributed by atoms with Crippen LogP contribution in [0.15, 0.2) is 18.2 Å². The Hall–Kier alpha value is -1.75. The molecule has 0 unspecified atom stereocenters. The van der Waals surface area contributed by atoms with Crippen molar-refractivity contribution in [2.45, 2.75) is 26.7 Å². The molecule has 0 radical (unpaired) electrons. The quantitative estimate of drug-likeness (QED) is 0.463. The van der Waals surface area contributed by atoms with Crippen LogP contribution in [-0.4, -0.2) is 29.3 Å². The van der Waals surface area contributed by atoms with Gasteiger partial charge in [0.2, 0.25) is 0 Å². The lowest BCUT2D eigenvalue weighted by Crippen LogP contribution is -2.34. The molecule has 0 saturated carbocycles. The molecule has 5 nitrogen and oxygen atoms in total. The number of aliphatic hydroxyl groups excluding tert-OH is 1. The third-order valence-electron chi connectivity index (χ3n) is 3.05. The molecule has 0 aliphatic heterocycles. The number of carbonyl (C=O) groups is 1. The van der Waals surface area contributed by atoms with Crippen molar-refractivity contribution in [1.29, 1.82) is 0 Å². The van der Waals surface area contributed by atoms with Crippen LogP contribution in [0.25, 0.3) is 0 Å². The molecule has 1 rings (SSSR count). The second kappa shape index (κ2) is 6.43. The molecule has 0 aliphatic carbocycles. The monoisotopic (exact) mass is 266 g/mol. The number of aromatic hydroxyl groups is 1. The highest BCUT2D eigenvalue weighted by Crippen LogP contribution is 2.25. The molecule has 106 valence electrons. The Bertz CT molecular complexity index is 444. The Labute approximate surface area is 113 Å². The number of phenols is 1. The van der Waals surface area contributed by atoms with E-state index >= 15 is 0 Å². The number of nitrogens with one attached hydrogen (secondary N) is 1.